The fourth-order valence-corrected chi connectivity index (χ4v) is 5.18. The maximum atomic E-state index is 12.9. The predicted octanol–water partition coefficient (Wildman–Crippen LogP) is 1.75. The number of alkyl halides is 3. The van der Waals surface area contributed by atoms with Gasteiger partial charge < -0.3 is 10.2 Å². The van der Waals surface area contributed by atoms with Crippen molar-refractivity contribution >= 4 is 21.6 Å². The van der Waals surface area contributed by atoms with Gasteiger partial charge in [0.15, 0.2) is 6.17 Å². The molecule has 2 heterocycles. The maximum absolute atomic E-state index is 12.9. The summed E-state index contributed by atoms with van der Waals surface area (Å²) in [5.74, 6) is -0.0166. The third-order valence-corrected chi connectivity index (χ3v) is 6.59. The molecule has 1 saturated heterocycles. The molecule has 3 atom stereocenters. The Labute approximate surface area is 142 Å². The van der Waals surface area contributed by atoms with Crippen LogP contribution in [-0.4, -0.2) is 38.0 Å². The van der Waals surface area contributed by atoms with Gasteiger partial charge in [-0.25, -0.2) is 8.42 Å². The van der Waals surface area contributed by atoms with Crippen LogP contribution in [0, 0.1) is 5.92 Å². The first-order chi connectivity index (χ1) is 11.6. The van der Waals surface area contributed by atoms with Crippen LogP contribution in [0.3, 0.4) is 0 Å². The van der Waals surface area contributed by atoms with Crippen LogP contribution in [0.2, 0.25) is 0 Å². The normalized spacial score (nSPS) is 30.0. The summed E-state index contributed by atoms with van der Waals surface area (Å²) in [7, 11) is -4.07. The summed E-state index contributed by atoms with van der Waals surface area (Å²) in [4.78, 5) is 14.0. The number of likely N-dealkylation sites (tertiary alicyclic amines) is 1. The molecule has 4 rings (SSSR count). The first kappa shape index (κ1) is 16.6. The highest BCUT2D eigenvalue weighted by Crippen LogP contribution is 2.39. The quantitative estimate of drug-likeness (QED) is 0.784. The standard InChI is InChI=1S/C15H16F3N3O3S/c16-15(17,18)9-2-4-12-11(6-9)19-13(20-25(12,23)24)14(22)21-7-8-1-3-10(21)5-8/h2,4,6,8,10,13,19-20H,1,3,5,7H2/t8-,10+,13?/m0/s1. The highest BCUT2D eigenvalue weighted by molar-refractivity contribution is 7.89. The minimum Gasteiger partial charge on any atom is -0.360 e. The van der Waals surface area contributed by atoms with Gasteiger partial charge in [0.05, 0.1) is 11.3 Å². The molecule has 136 valence electrons. The van der Waals surface area contributed by atoms with E-state index in [9.17, 15) is 26.4 Å². The van der Waals surface area contributed by atoms with Crippen molar-refractivity contribution in [1.82, 2.24) is 9.62 Å². The number of anilines is 1. The van der Waals surface area contributed by atoms with Crippen LogP contribution in [0.15, 0.2) is 23.1 Å². The number of piperidine rings is 1. The number of fused-ring (bicyclic) bond motifs is 3. The smallest absolute Gasteiger partial charge is 0.360 e. The van der Waals surface area contributed by atoms with Gasteiger partial charge in [0.2, 0.25) is 10.0 Å². The van der Waals surface area contributed by atoms with Crippen molar-refractivity contribution in [2.45, 2.75) is 42.5 Å². The van der Waals surface area contributed by atoms with Crippen LogP contribution in [0.5, 0.6) is 0 Å². The molecule has 1 unspecified atom stereocenters. The average molecular weight is 375 g/mol. The second-order valence-corrected chi connectivity index (χ2v) is 8.41. The molecule has 2 bridgehead atoms. The van der Waals surface area contributed by atoms with Gasteiger partial charge in [-0.3, -0.25) is 4.79 Å². The van der Waals surface area contributed by atoms with E-state index in [1.165, 1.54) is 0 Å². The highest BCUT2D eigenvalue weighted by atomic mass is 32.2. The van der Waals surface area contributed by atoms with Gasteiger partial charge in [-0.15, -0.1) is 0 Å². The summed E-state index contributed by atoms with van der Waals surface area (Å²) < 4.78 is 65.5. The van der Waals surface area contributed by atoms with Gasteiger partial charge >= 0.3 is 6.18 Å². The molecule has 1 saturated carbocycles. The molecular weight excluding hydrogens is 359 g/mol. The summed E-state index contributed by atoms with van der Waals surface area (Å²) in [6.07, 6.45) is -3.06. The summed E-state index contributed by atoms with van der Waals surface area (Å²) >= 11 is 0. The molecule has 0 aromatic heterocycles. The van der Waals surface area contributed by atoms with Crippen molar-refractivity contribution in [3.05, 3.63) is 23.8 Å². The van der Waals surface area contributed by atoms with E-state index in [0.29, 0.717) is 18.5 Å². The number of carbonyl (C=O) groups is 1. The van der Waals surface area contributed by atoms with E-state index in [0.717, 1.165) is 31.4 Å². The van der Waals surface area contributed by atoms with E-state index in [2.05, 4.69) is 10.0 Å². The molecule has 1 aliphatic carbocycles. The maximum Gasteiger partial charge on any atom is 0.416 e. The summed E-state index contributed by atoms with van der Waals surface area (Å²) in [6, 6.07) is 2.42. The molecule has 1 aromatic carbocycles. The molecule has 2 N–H and O–H groups in total. The predicted molar refractivity (Wildman–Crippen MR) is 82.0 cm³/mol. The number of benzene rings is 1. The lowest BCUT2D eigenvalue weighted by Crippen LogP contribution is -2.56. The van der Waals surface area contributed by atoms with E-state index in [1.807, 2.05) is 0 Å². The number of sulfonamides is 1. The molecule has 2 aliphatic heterocycles. The zero-order valence-corrected chi connectivity index (χ0v) is 13.8. The van der Waals surface area contributed by atoms with Gasteiger partial charge in [-0.05, 0) is 43.4 Å². The molecule has 0 radical (unpaired) electrons. The number of rotatable bonds is 1. The Bertz CT molecular complexity index is 840. The van der Waals surface area contributed by atoms with E-state index < -0.39 is 33.8 Å². The molecule has 1 aromatic rings. The van der Waals surface area contributed by atoms with E-state index >= 15 is 0 Å². The first-order valence-corrected chi connectivity index (χ1v) is 9.44. The van der Waals surface area contributed by atoms with Gasteiger partial charge in [-0.2, -0.15) is 17.9 Å². The molecule has 3 aliphatic rings. The average Bonchev–Trinajstić information content (AvgIpc) is 3.15. The van der Waals surface area contributed by atoms with Crippen molar-refractivity contribution in [3.8, 4) is 0 Å². The monoisotopic (exact) mass is 375 g/mol. The minimum absolute atomic E-state index is 0.0895. The fraction of sp³-hybridized carbons (Fsp3) is 0.533. The van der Waals surface area contributed by atoms with Crippen molar-refractivity contribution in [1.29, 1.82) is 0 Å². The first-order valence-electron chi connectivity index (χ1n) is 7.96. The molecule has 0 spiro atoms. The molecule has 6 nitrogen and oxygen atoms in total. The van der Waals surface area contributed by atoms with Crippen LogP contribution in [0.1, 0.15) is 24.8 Å². The van der Waals surface area contributed by atoms with Crippen molar-refractivity contribution in [2.75, 3.05) is 11.9 Å². The van der Waals surface area contributed by atoms with Crippen molar-refractivity contribution < 1.29 is 26.4 Å². The van der Waals surface area contributed by atoms with Crippen LogP contribution in [-0.2, 0) is 21.0 Å². The lowest BCUT2D eigenvalue weighted by Gasteiger charge is -2.34. The largest absolute Gasteiger partial charge is 0.416 e. The van der Waals surface area contributed by atoms with Crippen LogP contribution in [0.4, 0.5) is 18.9 Å². The molecule has 25 heavy (non-hydrogen) atoms. The number of hydrogen-bond acceptors (Lipinski definition) is 4. The topological polar surface area (TPSA) is 78.5 Å². The zero-order valence-electron chi connectivity index (χ0n) is 13.0. The van der Waals surface area contributed by atoms with E-state index in [-0.39, 0.29) is 16.6 Å². The van der Waals surface area contributed by atoms with Crippen molar-refractivity contribution in [3.63, 3.8) is 0 Å². The highest BCUT2D eigenvalue weighted by Gasteiger charge is 2.44. The van der Waals surface area contributed by atoms with Gasteiger partial charge in [0, 0.05) is 12.6 Å². The van der Waals surface area contributed by atoms with Crippen LogP contribution < -0.4 is 10.0 Å². The summed E-state index contributed by atoms with van der Waals surface area (Å²) in [6.45, 7) is 0.568. The Morgan fingerprint density at radius 2 is 2.00 bits per heavy atom. The SMILES string of the molecule is O=C(C1Nc2cc(C(F)(F)F)ccc2S(=O)(=O)N1)N1C[C@H]2CC[C@@H]1C2. The second-order valence-electron chi connectivity index (χ2n) is 6.73. The lowest BCUT2D eigenvalue weighted by molar-refractivity contribution is -0.137. The summed E-state index contributed by atoms with van der Waals surface area (Å²) in [5.41, 5.74) is -1.18. The third-order valence-electron chi connectivity index (χ3n) is 5.11. The Morgan fingerprint density at radius 1 is 1.24 bits per heavy atom. The van der Waals surface area contributed by atoms with Crippen LogP contribution >= 0.6 is 0 Å². The number of nitrogens with one attached hydrogen (secondary N) is 2. The second kappa shape index (κ2) is 5.34. The lowest BCUT2D eigenvalue weighted by atomic mass is 10.1. The summed E-state index contributed by atoms with van der Waals surface area (Å²) in [5, 5.41) is 2.62. The van der Waals surface area contributed by atoms with Crippen molar-refractivity contribution in [2.24, 2.45) is 5.92 Å². The molecule has 10 heteroatoms. The number of halogens is 3. The van der Waals surface area contributed by atoms with E-state index in [1.54, 1.807) is 4.90 Å². The minimum atomic E-state index is -4.60. The Kier molecular flexibility index (Phi) is 3.56. The Morgan fingerprint density at radius 3 is 2.60 bits per heavy atom. The number of amides is 1. The third kappa shape index (κ3) is 2.77. The fourth-order valence-electron chi connectivity index (χ4n) is 3.93. The van der Waals surface area contributed by atoms with Gasteiger partial charge in [-0.1, -0.05) is 0 Å². The molecular formula is C15H16F3N3O3S. The Hall–Kier alpha value is -1.81. The van der Waals surface area contributed by atoms with Gasteiger partial charge in [0.1, 0.15) is 4.90 Å². The van der Waals surface area contributed by atoms with E-state index in [4.69, 9.17) is 0 Å². The Balaban J connectivity index is 1.65. The number of nitrogens with zero attached hydrogens (tertiary/aromatic N) is 1. The van der Waals surface area contributed by atoms with Crippen LogP contribution in [0.25, 0.3) is 0 Å². The zero-order chi connectivity index (χ0) is 18.0. The number of carbonyl (C=O) groups excluding carboxylic acids is 1. The van der Waals surface area contributed by atoms with Gasteiger partial charge in [0.25, 0.3) is 5.91 Å². The molecule has 1 amide bonds. The molecule has 2 fully saturated rings. The number of hydrogen-bond donors (Lipinski definition) is 2.